The molecule has 2 bridgehead atoms. The highest BCUT2D eigenvalue weighted by atomic mass is 32.2. The van der Waals surface area contributed by atoms with E-state index in [1.165, 1.54) is 15.6 Å². The summed E-state index contributed by atoms with van der Waals surface area (Å²) in [7, 11) is -3.56. The van der Waals surface area contributed by atoms with Crippen molar-refractivity contribution in [2.45, 2.75) is 54.4 Å². The van der Waals surface area contributed by atoms with Crippen LogP contribution in [0.4, 0.5) is 0 Å². The Labute approximate surface area is 146 Å². The summed E-state index contributed by atoms with van der Waals surface area (Å²) in [6.07, 6.45) is 4.41. The van der Waals surface area contributed by atoms with Crippen LogP contribution in [-0.4, -0.2) is 61.3 Å². The number of hydrogen-bond donors (Lipinski definition) is 1. The number of nitrogens with one attached hydrogen (secondary N) is 1. The van der Waals surface area contributed by atoms with Crippen LogP contribution in [-0.2, 0) is 14.8 Å². The molecule has 0 spiro atoms. The molecule has 24 heavy (non-hydrogen) atoms. The van der Waals surface area contributed by atoms with E-state index in [4.69, 9.17) is 0 Å². The van der Waals surface area contributed by atoms with Crippen LogP contribution < -0.4 is 5.32 Å². The molecule has 3 fully saturated rings. The zero-order chi connectivity index (χ0) is 16.7. The van der Waals surface area contributed by atoms with E-state index in [1.807, 2.05) is 4.90 Å². The number of amides is 1. The van der Waals surface area contributed by atoms with Crippen LogP contribution >= 0.6 is 11.3 Å². The van der Waals surface area contributed by atoms with Gasteiger partial charge in [-0.25, -0.2) is 8.42 Å². The average Bonchev–Trinajstić information content (AvgIpc) is 3.26. The molecule has 0 saturated carbocycles. The Bertz CT molecular complexity index is 690. The second-order valence-electron chi connectivity index (χ2n) is 6.83. The van der Waals surface area contributed by atoms with Gasteiger partial charge in [-0.1, -0.05) is 6.07 Å². The maximum Gasteiger partial charge on any atom is 0.253 e. The van der Waals surface area contributed by atoms with Gasteiger partial charge < -0.3 is 10.2 Å². The largest absolute Gasteiger partial charge is 0.334 e. The van der Waals surface area contributed by atoms with Gasteiger partial charge in [-0.2, -0.15) is 4.31 Å². The van der Waals surface area contributed by atoms with Gasteiger partial charge in [-0.15, -0.1) is 11.3 Å². The smallest absolute Gasteiger partial charge is 0.253 e. The van der Waals surface area contributed by atoms with Crippen molar-refractivity contribution >= 4 is 27.3 Å². The monoisotopic (exact) mass is 369 g/mol. The molecule has 132 valence electrons. The van der Waals surface area contributed by atoms with Gasteiger partial charge in [-0.05, 0) is 50.1 Å². The third kappa shape index (κ3) is 2.69. The van der Waals surface area contributed by atoms with Crippen molar-refractivity contribution in [1.29, 1.82) is 0 Å². The molecule has 1 aromatic heterocycles. The van der Waals surface area contributed by atoms with Crippen molar-refractivity contribution in [3.63, 3.8) is 0 Å². The summed E-state index contributed by atoms with van der Waals surface area (Å²) in [4.78, 5) is 15.2. The summed E-state index contributed by atoms with van der Waals surface area (Å²) in [6, 6.07) is 3.32. The first kappa shape index (κ1) is 16.5. The topological polar surface area (TPSA) is 69.7 Å². The Hall–Kier alpha value is -0.960. The van der Waals surface area contributed by atoms with Crippen molar-refractivity contribution in [3.05, 3.63) is 17.5 Å². The van der Waals surface area contributed by atoms with E-state index in [0.29, 0.717) is 17.2 Å². The van der Waals surface area contributed by atoms with E-state index in [1.54, 1.807) is 17.5 Å². The number of thiophene rings is 1. The van der Waals surface area contributed by atoms with Crippen LogP contribution in [0.3, 0.4) is 0 Å². The van der Waals surface area contributed by atoms with Gasteiger partial charge >= 0.3 is 0 Å². The fourth-order valence-corrected chi connectivity index (χ4v) is 7.09. The molecule has 4 rings (SSSR count). The molecular formula is C16H23N3O3S2. The molecule has 3 saturated heterocycles. The Kier molecular flexibility index (Phi) is 4.40. The molecule has 0 radical (unpaired) electrons. The summed E-state index contributed by atoms with van der Waals surface area (Å²) >= 11 is 1.22. The number of rotatable bonds is 3. The summed E-state index contributed by atoms with van der Waals surface area (Å²) in [5.41, 5.74) is 0. The molecular weight excluding hydrogens is 346 g/mol. The molecule has 0 aliphatic carbocycles. The normalized spacial score (nSPS) is 31.3. The van der Waals surface area contributed by atoms with E-state index in [9.17, 15) is 13.2 Å². The predicted octanol–water partition coefficient (Wildman–Crippen LogP) is 1.25. The molecule has 4 heterocycles. The summed E-state index contributed by atoms with van der Waals surface area (Å²) in [5.74, 6) is 0.0174. The van der Waals surface area contributed by atoms with Crippen LogP contribution in [0.25, 0.3) is 0 Å². The maximum atomic E-state index is 13.2. The quantitative estimate of drug-likeness (QED) is 0.871. The first-order chi connectivity index (χ1) is 11.6. The van der Waals surface area contributed by atoms with E-state index < -0.39 is 16.1 Å². The molecule has 8 heteroatoms. The number of fused-ring (bicyclic) bond motifs is 2. The second kappa shape index (κ2) is 6.40. The van der Waals surface area contributed by atoms with E-state index >= 15 is 0 Å². The van der Waals surface area contributed by atoms with Gasteiger partial charge in [-0.3, -0.25) is 4.79 Å². The molecule has 0 aromatic carbocycles. The Morgan fingerprint density at radius 1 is 1.21 bits per heavy atom. The molecule has 6 nitrogen and oxygen atoms in total. The van der Waals surface area contributed by atoms with Gasteiger partial charge in [0.15, 0.2) is 0 Å². The van der Waals surface area contributed by atoms with Crippen molar-refractivity contribution in [3.8, 4) is 0 Å². The third-order valence-electron chi connectivity index (χ3n) is 5.46. The zero-order valence-electron chi connectivity index (χ0n) is 13.6. The highest BCUT2D eigenvalue weighted by Crippen LogP contribution is 2.34. The first-order valence-corrected chi connectivity index (χ1v) is 11.0. The maximum absolute atomic E-state index is 13.2. The van der Waals surface area contributed by atoms with Crippen molar-refractivity contribution < 1.29 is 13.2 Å². The van der Waals surface area contributed by atoms with Crippen LogP contribution in [0.2, 0.25) is 0 Å². The molecule has 3 unspecified atom stereocenters. The van der Waals surface area contributed by atoms with Crippen LogP contribution in [0.1, 0.15) is 32.1 Å². The predicted molar refractivity (Wildman–Crippen MR) is 92.4 cm³/mol. The van der Waals surface area contributed by atoms with Crippen molar-refractivity contribution in [2.75, 3.05) is 19.6 Å². The van der Waals surface area contributed by atoms with Crippen LogP contribution in [0.5, 0.6) is 0 Å². The van der Waals surface area contributed by atoms with Gasteiger partial charge in [0.1, 0.15) is 10.3 Å². The summed E-state index contributed by atoms with van der Waals surface area (Å²) < 4.78 is 27.6. The number of carbonyl (C=O) groups excluding carboxylic acids is 1. The zero-order valence-corrected chi connectivity index (χ0v) is 15.2. The molecule has 1 amide bonds. The minimum Gasteiger partial charge on any atom is -0.334 e. The molecule has 3 aliphatic rings. The van der Waals surface area contributed by atoms with Gasteiger partial charge in [0.25, 0.3) is 10.0 Å². The van der Waals surface area contributed by atoms with Gasteiger partial charge in [0.05, 0.1) is 0 Å². The van der Waals surface area contributed by atoms with Gasteiger partial charge in [0.2, 0.25) is 5.91 Å². The minimum atomic E-state index is -3.56. The third-order valence-corrected chi connectivity index (χ3v) is 8.74. The summed E-state index contributed by atoms with van der Waals surface area (Å²) in [5, 5.41) is 5.16. The van der Waals surface area contributed by atoms with Crippen LogP contribution in [0.15, 0.2) is 21.7 Å². The Morgan fingerprint density at radius 3 is 2.83 bits per heavy atom. The molecule has 1 aromatic rings. The highest BCUT2D eigenvalue weighted by molar-refractivity contribution is 7.91. The van der Waals surface area contributed by atoms with E-state index in [2.05, 4.69) is 5.32 Å². The average molecular weight is 370 g/mol. The highest BCUT2D eigenvalue weighted by Gasteiger charge is 2.46. The van der Waals surface area contributed by atoms with Crippen molar-refractivity contribution in [2.24, 2.45) is 0 Å². The SMILES string of the molecule is O=C(C1CCCN1S(=O)(=O)c1cccs1)N1C2CCNCC1CC2. The number of sulfonamides is 1. The lowest BCUT2D eigenvalue weighted by Crippen LogP contribution is -2.52. The Morgan fingerprint density at radius 2 is 2.04 bits per heavy atom. The molecule has 3 aliphatic heterocycles. The lowest BCUT2D eigenvalue weighted by atomic mass is 10.1. The lowest BCUT2D eigenvalue weighted by Gasteiger charge is -2.33. The van der Waals surface area contributed by atoms with Crippen molar-refractivity contribution in [1.82, 2.24) is 14.5 Å². The molecule has 1 N–H and O–H groups in total. The van der Waals surface area contributed by atoms with Gasteiger partial charge in [0, 0.05) is 25.2 Å². The fourth-order valence-electron chi connectivity index (χ4n) is 4.31. The number of hydrogen-bond acceptors (Lipinski definition) is 5. The van der Waals surface area contributed by atoms with E-state index in [-0.39, 0.29) is 18.0 Å². The molecule has 3 atom stereocenters. The second-order valence-corrected chi connectivity index (χ2v) is 9.89. The summed E-state index contributed by atoms with van der Waals surface area (Å²) in [6.45, 7) is 2.21. The lowest BCUT2D eigenvalue weighted by molar-refractivity contribution is -0.137. The number of nitrogens with zero attached hydrogens (tertiary/aromatic N) is 2. The first-order valence-electron chi connectivity index (χ1n) is 8.67. The number of carbonyl (C=O) groups is 1. The fraction of sp³-hybridized carbons (Fsp3) is 0.688. The standard InChI is InChI=1S/C16H23N3O3S2/c20-16(19-12-5-6-13(19)11-17-8-7-12)14-3-1-9-18(14)24(21,22)15-4-2-10-23-15/h2,4,10,12-14,17H,1,3,5-9,11H2. The Balaban J connectivity index is 1.60. The van der Waals surface area contributed by atoms with Crippen LogP contribution in [0, 0.1) is 0 Å². The van der Waals surface area contributed by atoms with E-state index in [0.717, 1.165) is 38.8 Å². The minimum absolute atomic E-state index is 0.0174.